The molecular formula is C9H18F2N2O7S2. The Hall–Kier alpha value is -1.15. The number of rotatable bonds is 7. The number of ether oxygens (including phenoxy) is 1. The molecule has 0 aromatic heterocycles. The third-order valence-corrected chi connectivity index (χ3v) is 2.95. The van der Waals surface area contributed by atoms with Gasteiger partial charge in [-0.3, -0.25) is 0 Å². The van der Waals surface area contributed by atoms with Gasteiger partial charge in [-0.2, -0.15) is 0 Å². The lowest BCUT2D eigenvalue weighted by Gasteiger charge is -2.26. The Morgan fingerprint density at radius 2 is 1.68 bits per heavy atom. The number of hydrogen-bond donors (Lipinski definition) is 1. The maximum atomic E-state index is 11.1. The van der Waals surface area contributed by atoms with Gasteiger partial charge in [0.2, 0.25) is 20.8 Å². The fraction of sp³-hybridized carbons (Fsp3) is 0.667. The quantitative estimate of drug-likeness (QED) is 0.279. The van der Waals surface area contributed by atoms with Gasteiger partial charge in [0.1, 0.15) is 19.3 Å². The highest BCUT2D eigenvalue weighted by atomic mass is 32.3. The highest BCUT2D eigenvalue weighted by Crippen LogP contribution is 2.11. The van der Waals surface area contributed by atoms with Gasteiger partial charge in [0.25, 0.3) is 0 Å². The standard InChI is InChI=1S/C9H18NO3.F2NO4S2/c1-5-9(12)13-7-8(11)6-10(2,3)4;1-8(4,5)3-9(2,6)7/h5,8,11H,1,6-7H2,2-4H3;/q+1;-1. The smallest absolute Gasteiger partial charge is 0.330 e. The number of halogens is 2. The number of quaternary nitrogens is 1. The van der Waals surface area contributed by atoms with Crippen LogP contribution in [0.2, 0.25) is 0 Å². The van der Waals surface area contributed by atoms with E-state index in [0.717, 1.165) is 10.2 Å². The van der Waals surface area contributed by atoms with Crippen LogP contribution in [0.15, 0.2) is 12.7 Å². The Morgan fingerprint density at radius 3 is 1.91 bits per heavy atom. The molecule has 1 atom stereocenters. The lowest BCUT2D eigenvalue weighted by Crippen LogP contribution is -2.43. The molecule has 0 heterocycles. The van der Waals surface area contributed by atoms with Crippen LogP contribution in [0, 0.1) is 0 Å². The van der Waals surface area contributed by atoms with Crippen LogP contribution in [0.4, 0.5) is 7.77 Å². The van der Waals surface area contributed by atoms with Gasteiger partial charge in [0.05, 0.1) is 21.1 Å². The number of carbonyl (C=O) groups excluding carboxylic acids is 1. The first-order chi connectivity index (χ1) is 9.56. The minimum Gasteiger partial charge on any atom is -0.460 e. The molecule has 0 rings (SSSR count). The molecule has 0 fully saturated rings. The van der Waals surface area contributed by atoms with E-state index in [4.69, 9.17) is 0 Å². The summed E-state index contributed by atoms with van der Waals surface area (Å²) < 4.78 is 65.4. The molecule has 9 nitrogen and oxygen atoms in total. The zero-order valence-electron chi connectivity index (χ0n) is 12.1. The normalized spacial score (nSPS) is 13.5. The highest BCUT2D eigenvalue weighted by molar-refractivity contribution is 8.07. The fourth-order valence-electron chi connectivity index (χ4n) is 1.03. The maximum absolute atomic E-state index is 11.1. The number of hydrogen-bond acceptors (Lipinski definition) is 7. The van der Waals surface area contributed by atoms with Crippen molar-refractivity contribution in [3.8, 4) is 0 Å². The Bertz CT molecular complexity index is 539. The summed E-state index contributed by atoms with van der Waals surface area (Å²) in [7, 11) is -5.37. The van der Waals surface area contributed by atoms with Crippen molar-refractivity contribution in [1.82, 2.24) is 0 Å². The van der Waals surface area contributed by atoms with Crippen molar-refractivity contribution >= 4 is 26.8 Å². The molecular weight excluding hydrogens is 350 g/mol. The molecule has 0 bridgehead atoms. The SMILES string of the molecule is C=CC(=O)OCC(O)C[N+](C)(C)C.O=S(=O)(F)[N-]S(=O)(=O)F. The van der Waals surface area contributed by atoms with Crippen LogP contribution < -0.4 is 0 Å². The summed E-state index contributed by atoms with van der Waals surface area (Å²) in [5.41, 5.74) is 0. The van der Waals surface area contributed by atoms with Crippen LogP contribution in [-0.4, -0.2) is 72.8 Å². The zero-order valence-corrected chi connectivity index (χ0v) is 13.8. The second-order valence-electron chi connectivity index (χ2n) is 4.86. The van der Waals surface area contributed by atoms with E-state index in [-0.39, 0.29) is 6.61 Å². The molecule has 1 N–H and O–H groups in total. The molecule has 132 valence electrons. The number of aliphatic hydroxyl groups excluding tert-OH is 1. The average Bonchev–Trinajstić information content (AvgIpc) is 2.19. The zero-order chi connectivity index (χ0) is 18.2. The van der Waals surface area contributed by atoms with E-state index in [1.165, 1.54) is 0 Å². The maximum Gasteiger partial charge on any atom is 0.330 e. The number of likely N-dealkylation sites (N-methyl/N-ethyl adjacent to an activating group) is 1. The molecule has 0 amide bonds. The molecule has 1 unspecified atom stereocenters. The van der Waals surface area contributed by atoms with E-state index >= 15 is 0 Å². The van der Waals surface area contributed by atoms with Crippen LogP contribution in [0.5, 0.6) is 0 Å². The number of aliphatic hydroxyl groups is 1. The van der Waals surface area contributed by atoms with E-state index in [1.807, 2.05) is 21.1 Å². The summed E-state index contributed by atoms with van der Waals surface area (Å²) in [4.78, 5) is 10.6. The van der Waals surface area contributed by atoms with Crippen molar-refractivity contribution in [2.24, 2.45) is 0 Å². The van der Waals surface area contributed by atoms with E-state index in [0.29, 0.717) is 11.0 Å². The van der Waals surface area contributed by atoms with Crippen LogP contribution in [0.25, 0.3) is 4.13 Å². The summed E-state index contributed by atoms with van der Waals surface area (Å²) in [6, 6.07) is 0. The van der Waals surface area contributed by atoms with Crippen LogP contribution in [-0.2, 0) is 30.3 Å². The van der Waals surface area contributed by atoms with Crippen LogP contribution in [0.1, 0.15) is 0 Å². The molecule has 0 aromatic carbocycles. The predicted molar refractivity (Wildman–Crippen MR) is 73.5 cm³/mol. The van der Waals surface area contributed by atoms with Crippen molar-refractivity contribution in [2.45, 2.75) is 6.10 Å². The predicted octanol–water partition coefficient (Wildman–Crippen LogP) is -0.429. The summed E-state index contributed by atoms with van der Waals surface area (Å²) in [5, 5.41) is 9.40. The minimum atomic E-state index is -5.62. The van der Waals surface area contributed by atoms with E-state index in [9.17, 15) is 34.5 Å². The van der Waals surface area contributed by atoms with Crippen LogP contribution in [0.3, 0.4) is 0 Å². The van der Waals surface area contributed by atoms with Gasteiger partial charge in [0, 0.05) is 6.08 Å². The van der Waals surface area contributed by atoms with Gasteiger partial charge in [-0.15, -0.1) is 7.77 Å². The third-order valence-electron chi connectivity index (χ3n) is 1.52. The monoisotopic (exact) mass is 368 g/mol. The first kappa shape index (κ1) is 23.1. The third kappa shape index (κ3) is 21.2. The molecule has 0 aliphatic heterocycles. The number of nitrogens with zero attached hydrogens (tertiary/aromatic N) is 2. The molecule has 0 saturated heterocycles. The minimum absolute atomic E-state index is 0.0281. The second kappa shape index (κ2) is 9.09. The summed E-state index contributed by atoms with van der Waals surface area (Å²) in [6.45, 7) is 3.83. The Morgan fingerprint density at radius 1 is 1.27 bits per heavy atom. The molecule has 0 aliphatic rings. The van der Waals surface area contributed by atoms with Crippen molar-refractivity contribution < 1.29 is 43.7 Å². The van der Waals surface area contributed by atoms with Gasteiger partial charge >= 0.3 is 5.97 Å². The largest absolute Gasteiger partial charge is 0.460 e. The molecule has 0 radical (unpaired) electrons. The second-order valence-corrected chi connectivity index (χ2v) is 7.10. The molecule has 13 heteroatoms. The lowest BCUT2D eigenvalue weighted by atomic mass is 10.3. The van der Waals surface area contributed by atoms with Gasteiger partial charge in [-0.25, -0.2) is 21.6 Å². The fourth-order valence-corrected chi connectivity index (χ4v) is 1.88. The number of carbonyl (C=O) groups is 1. The molecule has 0 saturated carbocycles. The van der Waals surface area contributed by atoms with Gasteiger partial charge in [0.15, 0.2) is 0 Å². The molecule has 0 spiro atoms. The first-order valence-corrected chi connectivity index (χ1v) is 8.15. The molecule has 22 heavy (non-hydrogen) atoms. The van der Waals surface area contributed by atoms with Crippen molar-refractivity contribution in [2.75, 3.05) is 34.3 Å². The first-order valence-electron chi connectivity index (χ1n) is 5.47. The van der Waals surface area contributed by atoms with Crippen molar-refractivity contribution in [1.29, 1.82) is 0 Å². The summed E-state index contributed by atoms with van der Waals surface area (Å²) >= 11 is 0. The number of esters is 1. The van der Waals surface area contributed by atoms with Gasteiger partial charge in [-0.1, -0.05) is 6.58 Å². The average molecular weight is 368 g/mol. The van der Waals surface area contributed by atoms with E-state index in [1.54, 1.807) is 0 Å². The van der Waals surface area contributed by atoms with Gasteiger partial charge in [-0.05, 0) is 0 Å². The summed E-state index contributed by atoms with van der Waals surface area (Å²) in [6.07, 6.45) is 0.461. The summed E-state index contributed by atoms with van der Waals surface area (Å²) in [5.74, 6) is -0.500. The molecule has 0 aliphatic carbocycles. The molecule has 0 aromatic rings. The Labute approximate surface area is 128 Å². The van der Waals surface area contributed by atoms with Gasteiger partial charge < -0.3 is 18.5 Å². The van der Waals surface area contributed by atoms with Crippen molar-refractivity contribution in [3.05, 3.63) is 16.8 Å². The van der Waals surface area contributed by atoms with E-state index in [2.05, 4.69) is 11.3 Å². The van der Waals surface area contributed by atoms with E-state index < -0.39 is 32.9 Å². The lowest BCUT2D eigenvalue weighted by molar-refractivity contribution is -0.873. The Kier molecular flexibility index (Phi) is 9.56. The van der Waals surface area contributed by atoms with Crippen molar-refractivity contribution in [3.63, 3.8) is 0 Å². The van der Waals surface area contributed by atoms with Crippen LogP contribution >= 0.6 is 0 Å². The highest BCUT2D eigenvalue weighted by Gasteiger charge is 2.16. The Balaban J connectivity index is 0. The topological polar surface area (TPSA) is 129 Å².